The first kappa shape index (κ1) is 12.8. The Hall–Kier alpha value is -2.62. The van der Waals surface area contributed by atoms with Crippen molar-refractivity contribution in [3.8, 4) is 5.75 Å². The molecular formula is C15H14N2O2. The highest BCUT2D eigenvalue weighted by atomic mass is 16.5. The van der Waals surface area contributed by atoms with E-state index in [9.17, 15) is 4.79 Å². The molecule has 1 N–H and O–H groups in total. The summed E-state index contributed by atoms with van der Waals surface area (Å²) in [5, 5.41) is 3.85. The average molecular weight is 254 g/mol. The zero-order valence-electron chi connectivity index (χ0n) is 10.3. The number of nitrogens with one attached hydrogen (secondary N) is 1. The normalized spacial score (nSPS) is 10.3. The summed E-state index contributed by atoms with van der Waals surface area (Å²) in [6.07, 6.45) is 1.58. The van der Waals surface area contributed by atoms with E-state index in [1.807, 2.05) is 48.5 Å². The molecule has 2 rings (SSSR count). The largest absolute Gasteiger partial charge is 0.484 e. The van der Waals surface area contributed by atoms with Gasteiger partial charge < -0.3 is 4.74 Å². The molecule has 0 radical (unpaired) electrons. The van der Waals surface area contributed by atoms with Gasteiger partial charge in [-0.15, -0.1) is 0 Å². The molecular weight excluding hydrogens is 240 g/mol. The standard InChI is InChI=1S/C15H14N2O2/c18-15(12-19-14-9-5-2-6-10-14)17-16-11-13-7-3-1-4-8-13/h1-11H,12H2,(H,17,18). The van der Waals surface area contributed by atoms with Gasteiger partial charge >= 0.3 is 0 Å². The van der Waals surface area contributed by atoms with Crippen LogP contribution < -0.4 is 10.2 Å². The van der Waals surface area contributed by atoms with Crippen LogP contribution in [0, 0.1) is 0 Å². The molecule has 2 aromatic carbocycles. The van der Waals surface area contributed by atoms with E-state index < -0.39 is 0 Å². The van der Waals surface area contributed by atoms with Crippen LogP contribution in [0.25, 0.3) is 0 Å². The molecule has 0 aliphatic heterocycles. The molecule has 0 atom stereocenters. The summed E-state index contributed by atoms with van der Waals surface area (Å²) in [4.78, 5) is 11.5. The van der Waals surface area contributed by atoms with E-state index in [0.717, 1.165) is 5.56 Å². The number of ether oxygens (including phenoxy) is 1. The first-order chi connectivity index (χ1) is 9.34. The molecule has 0 aromatic heterocycles. The molecule has 0 saturated heterocycles. The summed E-state index contributed by atoms with van der Waals surface area (Å²) in [5.41, 5.74) is 3.33. The van der Waals surface area contributed by atoms with Crippen molar-refractivity contribution in [2.24, 2.45) is 5.10 Å². The molecule has 0 fully saturated rings. The maximum atomic E-state index is 11.5. The summed E-state index contributed by atoms with van der Waals surface area (Å²) >= 11 is 0. The zero-order chi connectivity index (χ0) is 13.3. The Balaban J connectivity index is 1.75. The van der Waals surface area contributed by atoms with Crippen molar-refractivity contribution in [3.05, 3.63) is 66.2 Å². The number of benzene rings is 2. The minimum atomic E-state index is -0.295. The van der Waals surface area contributed by atoms with E-state index in [1.165, 1.54) is 0 Å². The molecule has 1 amide bonds. The van der Waals surface area contributed by atoms with E-state index in [0.29, 0.717) is 5.75 Å². The number of hydrazone groups is 1. The molecule has 0 spiro atoms. The number of hydrogen-bond donors (Lipinski definition) is 1. The molecule has 0 saturated carbocycles. The van der Waals surface area contributed by atoms with Crippen LogP contribution in [-0.2, 0) is 4.79 Å². The van der Waals surface area contributed by atoms with Gasteiger partial charge in [0, 0.05) is 0 Å². The summed E-state index contributed by atoms with van der Waals surface area (Å²) in [7, 11) is 0. The Kier molecular flexibility index (Phi) is 4.70. The van der Waals surface area contributed by atoms with Crippen LogP contribution in [0.5, 0.6) is 5.75 Å². The molecule has 4 heteroatoms. The van der Waals surface area contributed by atoms with Crippen molar-refractivity contribution in [1.82, 2.24) is 5.43 Å². The maximum Gasteiger partial charge on any atom is 0.277 e. The number of para-hydroxylation sites is 1. The first-order valence-corrected chi connectivity index (χ1v) is 5.89. The lowest BCUT2D eigenvalue weighted by Gasteiger charge is -2.03. The minimum Gasteiger partial charge on any atom is -0.484 e. The summed E-state index contributed by atoms with van der Waals surface area (Å²) in [6, 6.07) is 18.7. The summed E-state index contributed by atoms with van der Waals surface area (Å²) < 4.78 is 5.28. The lowest BCUT2D eigenvalue weighted by Crippen LogP contribution is -2.24. The third kappa shape index (κ3) is 4.63. The smallest absolute Gasteiger partial charge is 0.277 e. The molecule has 0 heterocycles. The quantitative estimate of drug-likeness (QED) is 0.657. The maximum absolute atomic E-state index is 11.5. The number of hydrogen-bond acceptors (Lipinski definition) is 3. The molecule has 96 valence electrons. The number of nitrogens with zero attached hydrogens (tertiary/aromatic N) is 1. The fraction of sp³-hybridized carbons (Fsp3) is 0.0667. The summed E-state index contributed by atoms with van der Waals surface area (Å²) in [6.45, 7) is -0.0594. The topological polar surface area (TPSA) is 50.7 Å². The Morgan fingerprint density at radius 2 is 1.68 bits per heavy atom. The van der Waals surface area contributed by atoms with Gasteiger partial charge in [0.05, 0.1) is 6.21 Å². The van der Waals surface area contributed by atoms with E-state index in [1.54, 1.807) is 18.3 Å². The molecule has 2 aromatic rings. The van der Waals surface area contributed by atoms with Crippen molar-refractivity contribution < 1.29 is 9.53 Å². The number of rotatable bonds is 5. The monoisotopic (exact) mass is 254 g/mol. The van der Waals surface area contributed by atoms with Crippen molar-refractivity contribution in [1.29, 1.82) is 0 Å². The second-order valence-corrected chi connectivity index (χ2v) is 3.81. The highest BCUT2D eigenvalue weighted by molar-refractivity contribution is 5.82. The molecule has 0 aliphatic rings. The van der Waals surface area contributed by atoms with Crippen LogP contribution in [0.4, 0.5) is 0 Å². The SMILES string of the molecule is O=C(COc1ccccc1)NN=Cc1ccccc1. The average Bonchev–Trinajstić information content (AvgIpc) is 2.47. The second kappa shape index (κ2) is 6.96. The lowest BCUT2D eigenvalue weighted by atomic mass is 10.2. The van der Waals surface area contributed by atoms with Gasteiger partial charge in [0.15, 0.2) is 6.61 Å². The van der Waals surface area contributed by atoms with E-state index in [-0.39, 0.29) is 12.5 Å². The first-order valence-electron chi connectivity index (χ1n) is 5.89. The van der Waals surface area contributed by atoms with Crippen molar-refractivity contribution in [3.63, 3.8) is 0 Å². The molecule has 4 nitrogen and oxygen atoms in total. The van der Waals surface area contributed by atoms with Crippen LogP contribution >= 0.6 is 0 Å². The van der Waals surface area contributed by atoms with Crippen molar-refractivity contribution in [2.75, 3.05) is 6.61 Å². The predicted octanol–water partition coefficient (Wildman–Crippen LogP) is 2.22. The predicted molar refractivity (Wildman–Crippen MR) is 74.1 cm³/mol. The van der Waals surface area contributed by atoms with E-state index in [2.05, 4.69) is 10.5 Å². The van der Waals surface area contributed by atoms with Crippen LogP contribution in [0.15, 0.2) is 65.8 Å². The Labute approximate surface area is 111 Å². The molecule has 0 bridgehead atoms. The van der Waals surface area contributed by atoms with Gasteiger partial charge in [-0.2, -0.15) is 5.10 Å². The Morgan fingerprint density at radius 1 is 1.05 bits per heavy atom. The summed E-state index contributed by atoms with van der Waals surface area (Å²) in [5.74, 6) is 0.362. The number of carbonyl (C=O) groups is 1. The highest BCUT2D eigenvalue weighted by Gasteiger charge is 2.00. The van der Waals surface area contributed by atoms with Gasteiger partial charge in [0.25, 0.3) is 5.91 Å². The third-order valence-corrected chi connectivity index (χ3v) is 2.32. The second-order valence-electron chi connectivity index (χ2n) is 3.81. The van der Waals surface area contributed by atoms with Gasteiger partial charge in [0.1, 0.15) is 5.75 Å². The third-order valence-electron chi connectivity index (χ3n) is 2.32. The van der Waals surface area contributed by atoms with Gasteiger partial charge in [0.2, 0.25) is 0 Å². The van der Waals surface area contributed by atoms with Gasteiger partial charge in [-0.25, -0.2) is 5.43 Å². The number of carbonyl (C=O) groups excluding carboxylic acids is 1. The fourth-order valence-electron chi connectivity index (χ4n) is 1.42. The van der Waals surface area contributed by atoms with Crippen LogP contribution in [-0.4, -0.2) is 18.7 Å². The molecule has 0 aliphatic carbocycles. The van der Waals surface area contributed by atoms with Gasteiger partial charge in [-0.1, -0.05) is 48.5 Å². The van der Waals surface area contributed by atoms with Crippen LogP contribution in [0.2, 0.25) is 0 Å². The van der Waals surface area contributed by atoms with Crippen LogP contribution in [0.3, 0.4) is 0 Å². The van der Waals surface area contributed by atoms with Gasteiger partial charge in [-0.05, 0) is 17.7 Å². The Bertz CT molecular complexity index is 539. The number of amides is 1. The van der Waals surface area contributed by atoms with E-state index >= 15 is 0 Å². The van der Waals surface area contributed by atoms with E-state index in [4.69, 9.17) is 4.74 Å². The molecule has 19 heavy (non-hydrogen) atoms. The van der Waals surface area contributed by atoms with Crippen LogP contribution in [0.1, 0.15) is 5.56 Å². The minimum absolute atomic E-state index is 0.0594. The van der Waals surface area contributed by atoms with Crippen molar-refractivity contribution >= 4 is 12.1 Å². The zero-order valence-corrected chi connectivity index (χ0v) is 10.3. The lowest BCUT2D eigenvalue weighted by molar-refractivity contribution is -0.123. The molecule has 0 unspecified atom stereocenters. The van der Waals surface area contributed by atoms with Crippen molar-refractivity contribution in [2.45, 2.75) is 0 Å². The highest BCUT2D eigenvalue weighted by Crippen LogP contribution is 2.07. The van der Waals surface area contributed by atoms with Gasteiger partial charge in [-0.3, -0.25) is 4.79 Å². The Morgan fingerprint density at radius 3 is 2.37 bits per heavy atom. The fourth-order valence-corrected chi connectivity index (χ4v) is 1.42.